The van der Waals surface area contributed by atoms with Gasteiger partial charge in [-0.1, -0.05) is 36.4 Å². The van der Waals surface area contributed by atoms with E-state index in [0.29, 0.717) is 29.5 Å². The molecule has 224 valence electrons. The van der Waals surface area contributed by atoms with Gasteiger partial charge in [0.25, 0.3) is 5.91 Å². The highest BCUT2D eigenvalue weighted by Gasteiger charge is 2.20. The number of piperazine rings is 1. The third-order valence-corrected chi connectivity index (χ3v) is 7.36. The van der Waals surface area contributed by atoms with Crippen LogP contribution in [0.15, 0.2) is 72.9 Å². The lowest BCUT2D eigenvalue weighted by atomic mass is 10.1. The maximum absolute atomic E-state index is 13.4. The van der Waals surface area contributed by atoms with Gasteiger partial charge in [-0.15, -0.1) is 0 Å². The number of aryl methyl sites for hydroxylation is 2. The van der Waals surface area contributed by atoms with Gasteiger partial charge in [0.15, 0.2) is 11.5 Å². The van der Waals surface area contributed by atoms with Crippen LogP contribution in [0.25, 0.3) is 0 Å². The molecular formula is C33H38N6O4. The SMILES string of the molecule is COc1cc(Nc2ncc(C(=O)Nc3c(C)cccc3C)c(Oc3ccccc3)n2)ccc1OCCN1CCN(C)CC1. The number of nitrogens with zero attached hydrogens (tertiary/aromatic N) is 4. The Hall–Kier alpha value is -4.67. The highest BCUT2D eigenvalue weighted by atomic mass is 16.5. The molecule has 0 aliphatic carbocycles. The van der Waals surface area contributed by atoms with Gasteiger partial charge in [-0.25, -0.2) is 4.98 Å². The first kappa shape index (κ1) is 29.8. The van der Waals surface area contributed by atoms with Crippen molar-refractivity contribution in [2.24, 2.45) is 0 Å². The maximum Gasteiger partial charge on any atom is 0.262 e. The molecule has 10 nitrogen and oxygen atoms in total. The van der Waals surface area contributed by atoms with Gasteiger partial charge in [-0.3, -0.25) is 9.69 Å². The fraction of sp³-hybridized carbons (Fsp3) is 0.303. The third-order valence-electron chi connectivity index (χ3n) is 7.36. The van der Waals surface area contributed by atoms with Crippen LogP contribution < -0.4 is 24.8 Å². The molecule has 1 aliphatic rings. The van der Waals surface area contributed by atoms with Crippen molar-refractivity contribution in [1.29, 1.82) is 0 Å². The summed E-state index contributed by atoms with van der Waals surface area (Å²) in [5, 5.41) is 6.19. The van der Waals surface area contributed by atoms with Crippen LogP contribution >= 0.6 is 0 Å². The van der Waals surface area contributed by atoms with Crippen molar-refractivity contribution in [1.82, 2.24) is 19.8 Å². The van der Waals surface area contributed by atoms with Crippen LogP contribution in [-0.4, -0.2) is 79.2 Å². The Kier molecular flexibility index (Phi) is 9.70. The number of para-hydroxylation sites is 2. The normalized spacial score (nSPS) is 13.8. The molecule has 1 saturated heterocycles. The molecular weight excluding hydrogens is 544 g/mol. The smallest absolute Gasteiger partial charge is 0.262 e. The van der Waals surface area contributed by atoms with E-state index in [9.17, 15) is 4.79 Å². The van der Waals surface area contributed by atoms with Crippen LogP contribution in [0.5, 0.6) is 23.1 Å². The maximum atomic E-state index is 13.4. The first-order valence-electron chi connectivity index (χ1n) is 14.4. The minimum Gasteiger partial charge on any atom is -0.493 e. The van der Waals surface area contributed by atoms with Crippen LogP contribution in [0.3, 0.4) is 0 Å². The van der Waals surface area contributed by atoms with Crippen molar-refractivity contribution in [3.63, 3.8) is 0 Å². The lowest BCUT2D eigenvalue weighted by Gasteiger charge is -2.32. The second-order valence-electron chi connectivity index (χ2n) is 10.5. The summed E-state index contributed by atoms with van der Waals surface area (Å²) >= 11 is 0. The van der Waals surface area contributed by atoms with E-state index in [1.165, 1.54) is 6.20 Å². The molecule has 1 fully saturated rings. The van der Waals surface area contributed by atoms with Gasteiger partial charge < -0.3 is 29.7 Å². The van der Waals surface area contributed by atoms with Crippen molar-refractivity contribution >= 4 is 23.2 Å². The molecule has 0 unspecified atom stereocenters. The number of hydrogen-bond acceptors (Lipinski definition) is 9. The summed E-state index contributed by atoms with van der Waals surface area (Å²) in [7, 11) is 3.76. The zero-order valence-electron chi connectivity index (χ0n) is 25.1. The second-order valence-corrected chi connectivity index (χ2v) is 10.5. The monoisotopic (exact) mass is 582 g/mol. The number of methoxy groups -OCH3 is 1. The molecule has 4 aromatic rings. The average Bonchev–Trinajstić information content (AvgIpc) is 3.01. The number of ether oxygens (including phenoxy) is 3. The molecule has 1 aromatic heterocycles. The molecule has 5 rings (SSSR count). The Bertz CT molecular complexity index is 1520. The molecule has 2 heterocycles. The lowest BCUT2D eigenvalue weighted by Crippen LogP contribution is -2.45. The Morgan fingerprint density at radius 2 is 1.67 bits per heavy atom. The molecule has 0 saturated carbocycles. The van der Waals surface area contributed by atoms with Gasteiger partial charge in [0.1, 0.15) is 17.9 Å². The average molecular weight is 583 g/mol. The van der Waals surface area contributed by atoms with E-state index in [-0.39, 0.29) is 23.3 Å². The molecule has 0 bridgehead atoms. The summed E-state index contributed by atoms with van der Waals surface area (Å²) in [6.45, 7) is 9.56. The Labute approximate surface area is 252 Å². The number of aromatic nitrogens is 2. The minimum atomic E-state index is -0.366. The van der Waals surface area contributed by atoms with Crippen LogP contribution in [0, 0.1) is 13.8 Å². The zero-order chi connectivity index (χ0) is 30.2. The summed E-state index contributed by atoms with van der Waals surface area (Å²) in [5.74, 6) is 1.83. The number of likely N-dealkylation sites (N-methyl/N-ethyl adjacent to an activating group) is 1. The Balaban J connectivity index is 1.32. The predicted octanol–water partition coefficient (Wildman–Crippen LogP) is 5.52. The van der Waals surface area contributed by atoms with E-state index in [2.05, 4.69) is 37.4 Å². The molecule has 1 amide bonds. The van der Waals surface area contributed by atoms with Crippen molar-refractivity contribution < 1.29 is 19.0 Å². The third kappa shape index (κ3) is 7.79. The summed E-state index contributed by atoms with van der Waals surface area (Å²) < 4.78 is 17.7. The Morgan fingerprint density at radius 3 is 2.40 bits per heavy atom. The van der Waals surface area contributed by atoms with E-state index in [1.54, 1.807) is 19.2 Å². The van der Waals surface area contributed by atoms with Gasteiger partial charge in [-0.05, 0) is 56.3 Å². The fourth-order valence-corrected chi connectivity index (χ4v) is 4.80. The van der Waals surface area contributed by atoms with Crippen LogP contribution in [0.4, 0.5) is 17.3 Å². The predicted molar refractivity (Wildman–Crippen MR) is 168 cm³/mol. The lowest BCUT2D eigenvalue weighted by molar-refractivity contribution is 0.102. The topological polar surface area (TPSA) is 101 Å². The number of carbonyl (C=O) groups is 1. The first-order valence-corrected chi connectivity index (χ1v) is 14.4. The standard InChI is InChI=1S/C33H38N6O4/c1-23-9-8-10-24(2)30(23)36-31(40)27-22-34-33(37-32(27)43-26-11-6-5-7-12-26)35-25-13-14-28(29(21-25)41-4)42-20-19-39-17-15-38(3)16-18-39/h5-14,21-22H,15-20H2,1-4H3,(H,36,40)(H,34,35,37). The van der Waals surface area contributed by atoms with E-state index in [1.807, 2.05) is 68.4 Å². The number of hydrogen-bond donors (Lipinski definition) is 2. The quantitative estimate of drug-likeness (QED) is 0.237. The van der Waals surface area contributed by atoms with Gasteiger partial charge >= 0.3 is 0 Å². The van der Waals surface area contributed by atoms with Crippen LogP contribution in [0.2, 0.25) is 0 Å². The van der Waals surface area contributed by atoms with E-state index in [4.69, 9.17) is 14.2 Å². The summed E-state index contributed by atoms with van der Waals surface area (Å²) in [6, 6.07) is 20.6. The van der Waals surface area contributed by atoms with Gasteiger partial charge in [0.05, 0.1) is 7.11 Å². The molecule has 43 heavy (non-hydrogen) atoms. The zero-order valence-corrected chi connectivity index (χ0v) is 25.1. The first-order chi connectivity index (χ1) is 20.9. The summed E-state index contributed by atoms with van der Waals surface area (Å²) in [4.78, 5) is 27.1. The highest BCUT2D eigenvalue weighted by Crippen LogP contribution is 2.32. The summed E-state index contributed by atoms with van der Waals surface area (Å²) in [5.41, 5.74) is 3.57. The molecule has 10 heteroatoms. The van der Waals surface area contributed by atoms with Gasteiger partial charge in [0.2, 0.25) is 11.8 Å². The number of rotatable bonds is 11. The second kappa shape index (κ2) is 14.0. The van der Waals surface area contributed by atoms with Crippen molar-refractivity contribution in [2.75, 3.05) is 64.1 Å². The van der Waals surface area contributed by atoms with Crippen molar-refractivity contribution in [3.8, 4) is 23.1 Å². The van der Waals surface area contributed by atoms with Gasteiger partial charge in [-0.2, -0.15) is 4.98 Å². The number of benzene rings is 3. The van der Waals surface area contributed by atoms with E-state index in [0.717, 1.165) is 49.5 Å². The number of carbonyl (C=O) groups excluding carboxylic acids is 1. The number of amides is 1. The van der Waals surface area contributed by atoms with Crippen LogP contribution in [-0.2, 0) is 0 Å². The summed E-state index contributed by atoms with van der Waals surface area (Å²) in [6.07, 6.45) is 1.46. The molecule has 2 N–H and O–H groups in total. The molecule has 0 radical (unpaired) electrons. The molecule has 0 spiro atoms. The van der Waals surface area contributed by atoms with Gasteiger partial charge in [0, 0.05) is 56.4 Å². The van der Waals surface area contributed by atoms with Crippen molar-refractivity contribution in [2.45, 2.75) is 13.8 Å². The highest BCUT2D eigenvalue weighted by molar-refractivity contribution is 6.06. The fourth-order valence-electron chi connectivity index (χ4n) is 4.80. The van der Waals surface area contributed by atoms with E-state index < -0.39 is 0 Å². The van der Waals surface area contributed by atoms with Crippen molar-refractivity contribution in [3.05, 3.63) is 89.6 Å². The molecule has 3 aromatic carbocycles. The number of nitrogens with one attached hydrogen (secondary N) is 2. The van der Waals surface area contributed by atoms with E-state index >= 15 is 0 Å². The Morgan fingerprint density at radius 1 is 0.930 bits per heavy atom. The van der Waals surface area contributed by atoms with Crippen LogP contribution in [0.1, 0.15) is 21.5 Å². The molecule has 0 atom stereocenters. The number of anilines is 3. The largest absolute Gasteiger partial charge is 0.493 e. The minimum absolute atomic E-state index is 0.128. The molecule has 1 aliphatic heterocycles.